The van der Waals surface area contributed by atoms with E-state index in [-0.39, 0.29) is 0 Å². The van der Waals surface area contributed by atoms with Gasteiger partial charge >= 0.3 is 0 Å². The normalized spacial score (nSPS) is 23.5. The van der Waals surface area contributed by atoms with E-state index in [1.165, 1.54) is 56.2 Å². The van der Waals surface area contributed by atoms with E-state index < -0.39 is 0 Å². The Morgan fingerprint density at radius 3 is 2.42 bits per heavy atom. The predicted molar refractivity (Wildman–Crippen MR) is 80.4 cm³/mol. The minimum Gasteiger partial charge on any atom is -0.241 e. The van der Waals surface area contributed by atoms with Gasteiger partial charge in [0.15, 0.2) is 0 Å². The molecule has 0 saturated heterocycles. The van der Waals surface area contributed by atoms with Crippen molar-refractivity contribution in [1.82, 2.24) is 9.97 Å². The van der Waals surface area contributed by atoms with Gasteiger partial charge in [0.1, 0.15) is 5.82 Å². The Morgan fingerprint density at radius 1 is 1.11 bits per heavy atom. The first-order valence-electron chi connectivity index (χ1n) is 8.07. The Labute approximate surface area is 118 Å². The second-order valence-corrected chi connectivity index (χ2v) is 6.10. The van der Waals surface area contributed by atoms with E-state index in [4.69, 9.17) is 4.98 Å². The molecule has 0 aromatic carbocycles. The average Bonchev–Trinajstić information content (AvgIpc) is 2.43. The van der Waals surface area contributed by atoms with Crippen molar-refractivity contribution in [1.29, 1.82) is 0 Å². The molecule has 19 heavy (non-hydrogen) atoms. The number of hydrogen-bond donors (Lipinski definition) is 0. The molecule has 0 aliphatic heterocycles. The Hall–Kier alpha value is -0.920. The zero-order chi connectivity index (χ0) is 13.7. The molecule has 0 radical (unpaired) electrons. The van der Waals surface area contributed by atoms with Crippen molar-refractivity contribution < 1.29 is 0 Å². The van der Waals surface area contributed by atoms with Gasteiger partial charge in [0.05, 0.1) is 0 Å². The van der Waals surface area contributed by atoms with E-state index in [0.717, 1.165) is 18.2 Å². The maximum atomic E-state index is 4.78. The molecule has 1 aromatic heterocycles. The molecule has 1 aromatic rings. The summed E-state index contributed by atoms with van der Waals surface area (Å²) in [5, 5.41) is 0. The SMILES string of the molecule is CCCc1cnc(C2CCC(CCC)CC2)nc1C. The first kappa shape index (κ1) is 14.5. The zero-order valence-corrected chi connectivity index (χ0v) is 12.8. The lowest BCUT2D eigenvalue weighted by Crippen LogP contribution is -2.16. The molecule has 0 N–H and O–H groups in total. The van der Waals surface area contributed by atoms with E-state index >= 15 is 0 Å². The van der Waals surface area contributed by atoms with Crippen molar-refractivity contribution in [2.75, 3.05) is 0 Å². The lowest BCUT2D eigenvalue weighted by atomic mass is 9.79. The van der Waals surface area contributed by atoms with Crippen LogP contribution in [-0.4, -0.2) is 9.97 Å². The summed E-state index contributed by atoms with van der Waals surface area (Å²) in [6.07, 6.45) is 12.4. The number of aryl methyl sites for hydroxylation is 2. The summed E-state index contributed by atoms with van der Waals surface area (Å²) in [5.74, 6) is 2.68. The highest BCUT2D eigenvalue weighted by atomic mass is 14.9. The van der Waals surface area contributed by atoms with Crippen LogP contribution in [-0.2, 0) is 6.42 Å². The fourth-order valence-electron chi connectivity index (χ4n) is 3.34. The lowest BCUT2D eigenvalue weighted by molar-refractivity contribution is 0.302. The molecule has 1 fully saturated rings. The highest BCUT2D eigenvalue weighted by Gasteiger charge is 2.23. The summed E-state index contributed by atoms with van der Waals surface area (Å²) in [6.45, 7) is 6.65. The van der Waals surface area contributed by atoms with Gasteiger partial charge in [0.25, 0.3) is 0 Å². The maximum absolute atomic E-state index is 4.78. The van der Waals surface area contributed by atoms with Crippen LogP contribution >= 0.6 is 0 Å². The molecule has 1 aliphatic rings. The summed E-state index contributed by atoms with van der Waals surface area (Å²) >= 11 is 0. The van der Waals surface area contributed by atoms with E-state index in [0.29, 0.717) is 5.92 Å². The number of hydrogen-bond acceptors (Lipinski definition) is 2. The van der Waals surface area contributed by atoms with Gasteiger partial charge in [-0.2, -0.15) is 0 Å². The number of aromatic nitrogens is 2. The minimum atomic E-state index is 0.613. The molecule has 0 unspecified atom stereocenters. The molecule has 0 atom stereocenters. The van der Waals surface area contributed by atoms with Crippen LogP contribution in [0.4, 0.5) is 0 Å². The van der Waals surface area contributed by atoms with Crippen molar-refractivity contribution in [3.8, 4) is 0 Å². The highest BCUT2D eigenvalue weighted by molar-refractivity contribution is 5.17. The largest absolute Gasteiger partial charge is 0.241 e. The van der Waals surface area contributed by atoms with Crippen LogP contribution in [0.3, 0.4) is 0 Å². The van der Waals surface area contributed by atoms with Crippen LogP contribution in [0.5, 0.6) is 0 Å². The van der Waals surface area contributed by atoms with Crippen molar-refractivity contribution >= 4 is 0 Å². The van der Waals surface area contributed by atoms with Crippen molar-refractivity contribution in [3.63, 3.8) is 0 Å². The lowest BCUT2D eigenvalue weighted by Gasteiger charge is -2.27. The molecule has 2 rings (SSSR count). The van der Waals surface area contributed by atoms with E-state index in [2.05, 4.69) is 32.0 Å². The summed E-state index contributed by atoms with van der Waals surface area (Å²) in [7, 11) is 0. The zero-order valence-electron chi connectivity index (χ0n) is 12.8. The van der Waals surface area contributed by atoms with Gasteiger partial charge in [-0.1, -0.05) is 33.1 Å². The number of rotatable bonds is 5. The van der Waals surface area contributed by atoms with Crippen molar-refractivity contribution in [2.24, 2.45) is 5.92 Å². The van der Waals surface area contributed by atoms with Crippen LogP contribution in [0.15, 0.2) is 6.20 Å². The quantitative estimate of drug-likeness (QED) is 0.759. The third kappa shape index (κ3) is 3.77. The second kappa shape index (κ2) is 7.02. The van der Waals surface area contributed by atoms with Gasteiger partial charge < -0.3 is 0 Å². The van der Waals surface area contributed by atoms with Crippen LogP contribution in [0, 0.1) is 12.8 Å². The standard InChI is InChI=1S/C17H28N2/c1-4-6-14-8-10-15(11-9-14)17-18-12-16(7-5-2)13(3)19-17/h12,14-15H,4-11H2,1-3H3. The first-order valence-corrected chi connectivity index (χ1v) is 8.07. The summed E-state index contributed by atoms with van der Waals surface area (Å²) in [4.78, 5) is 9.42. The molecule has 1 heterocycles. The fraction of sp³-hybridized carbons (Fsp3) is 0.765. The first-order chi connectivity index (χ1) is 9.24. The average molecular weight is 260 g/mol. The van der Waals surface area contributed by atoms with Gasteiger partial charge in [0, 0.05) is 17.8 Å². The fourth-order valence-corrected chi connectivity index (χ4v) is 3.34. The molecule has 2 nitrogen and oxygen atoms in total. The van der Waals surface area contributed by atoms with Crippen molar-refractivity contribution in [3.05, 3.63) is 23.3 Å². The molecule has 0 spiro atoms. The Kier molecular flexibility index (Phi) is 5.35. The Balaban J connectivity index is 1.97. The van der Waals surface area contributed by atoms with Crippen LogP contribution in [0.25, 0.3) is 0 Å². The summed E-state index contributed by atoms with van der Waals surface area (Å²) in [5.41, 5.74) is 2.52. The highest BCUT2D eigenvalue weighted by Crippen LogP contribution is 2.36. The van der Waals surface area contributed by atoms with Gasteiger partial charge in [-0.05, 0) is 50.5 Å². The van der Waals surface area contributed by atoms with E-state index in [1.54, 1.807) is 0 Å². The van der Waals surface area contributed by atoms with Gasteiger partial charge in [0.2, 0.25) is 0 Å². The van der Waals surface area contributed by atoms with Crippen LogP contribution < -0.4 is 0 Å². The summed E-state index contributed by atoms with van der Waals surface area (Å²) in [6, 6.07) is 0. The van der Waals surface area contributed by atoms with E-state index in [1.807, 2.05) is 0 Å². The second-order valence-electron chi connectivity index (χ2n) is 6.10. The molecule has 2 heteroatoms. The smallest absolute Gasteiger partial charge is 0.131 e. The molecule has 1 saturated carbocycles. The molecule has 106 valence electrons. The predicted octanol–water partition coefficient (Wildman–Crippen LogP) is 4.81. The topological polar surface area (TPSA) is 25.8 Å². The monoisotopic (exact) mass is 260 g/mol. The third-order valence-electron chi connectivity index (χ3n) is 4.53. The molecule has 0 bridgehead atoms. The van der Waals surface area contributed by atoms with Crippen LogP contribution in [0.1, 0.15) is 81.8 Å². The third-order valence-corrected chi connectivity index (χ3v) is 4.53. The van der Waals surface area contributed by atoms with Gasteiger partial charge in [-0.15, -0.1) is 0 Å². The molecular formula is C17H28N2. The molecule has 0 amide bonds. The summed E-state index contributed by atoms with van der Waals surface area (Å²) < 4.78 is 0. The number of nitrogens with zero attached hydrogens (tertiary/aromatic N) is 2. The molecule has 1 aliphatic carbocycles. The van der Waals surface area contributed by atoms with Crippen LogP contribution in [0.2, 0.25) is 0 Å². The Bertz CT molecular complexity index is 392. The maximum Gasteiger partial charge on any atom is 0.131 e. The Morgan fingerprint density at radius 2 is 1.84 bits per heavy atom. The van der Waals surface area contributed by atoms with Gasteiger partial charge in [-0.3, -0.25) is 0 Å². The van der Waals surface area contributed by atoms with E-state index in [9.17, 15) is 0 Å². The molecular weight excluding hydrogens is 232 g/mol. The van der Waals surface area contributed by atoms with Gasteiger partial charge in [-0.25, -0.2) is 9.97 Å². The van der Waals surface area contributed by atoms with Crippen molar-refractivity contribution in [2.45, 2.75) is 78.1 Å². The minimum absolute atomic E-state index is 0.613.